The fourth-order valence-electron chi connectivity index (χ4n) is 6.64. The molecule has 2 heterocycles. The Balaban J connectivity index is 1.18. The molecule has 0 aliphatic carbocycles. The largest absolute Gasteiger partial charge is 0.445 e. The normalized spacial score (nSPS) is 20.8. The van der Waals surface area contributed by atoms with E-state index in [0.717, 1.165) is 71.8 Å². The van der Waals surface area contributed by atoms with Crippen LogP contribution in [-0.2, 0) is 27.4 Å². The molecule has 4 aromatic rings. The summed E-state index contributed by atoms with van der Waals surface area (Å²) in [4.78, 5) is 27.3. The zero-order chi connectivity index (χ0) is 35.7. The van der Waals surface area contributed by atoms with Gasteiger partial charge in [-0.05, 0) is 52.1 Å². The number of non-ortho nitro benzene ring substituents is 1. The van der Waals surface area contributed by atoms with Gasteiger partial charge in [-0.1, -0.05) is 80.2 Å². The molecule has 6 rings (SSSR count). The van der Waals surface area contributed by atoms with Gasteiger partial charge in [0, 0.05) is 68.6 Å². The highest BCUT2D eigenvalue weighted by molar-refractivity contribution is 5.68. The molecule has 2 fully saturated rings. The van der Waals surface area contributed by atoms with Crippen LogP contribution in [0, 0.1) is 16.0 Å². The first-order valence-corrected chi connectivity index (χ1v) is 17.2. The first-order chi connectivity index (χ1) is 24.8. The number of aliphatic hydroxyl groups is 1. The van der Waals surface area contributed by atoms with Gasteiger partial charge < -0.3 is 29.5 Å². The Hall–Kier alpha value is -5.07. The molecular formula is C40H44N4O7. The average Bonchev–Trinajstić information content (AvgIpc) is 3.17. The Bertz CT molecular complexity index is 1790. The number of amides is 1. The lowest BCUT2D eigenvalue weighted by molar-refractivity contribution is -0.384. The second-order valence-corrected chi connectivity index (χ2v) is 12.9. The smallest absolute Gasteiger partial charge is 0.407 e. The Kier molecular flexibility index (Phi) is 11.7. The number of nitrogens with one attached hydrogen (secondary N) is 1. The van der Waals surface area contributed by atoms with Crippen molar-refractivity contribution >= 4 is 17.5 Å². The van der Waals surface area contributed by atoms with Gasteiger partial charge in [0.25, 0.3) is 5.69 Å². The van der Waals surface area contributed by atoms with E-state index in [1.165, 1.54) is 6.08 Å². The molecule has 11 heteroatoms. The van der Waals surface area contributed by atoms with Crippen LogP contribution in [0.1, 0.15) is 41.6 Å². The highest BCUT2D eigenvalue weighted by Gasteiger charge is 2.39. The van der Waals surface area contributed by atoms with Crippen molar-refractivity contribution in [2.45, 2.75) is 38.6 Å². The van der Waals surface area contributed by atoms with E-state index in [1.54, 1.807) is 12.1 Å². The van der Waals surface area contributed by atoms with Gasteiger partial charge in [-0.2, -0.15) is 0 Å². The van der Waals surface area contributed by atoms with E-state index in [0.29, 0.717) is 6.54 Å². The van der Waals surface area contributed by atoms with Crippen molar-refractivity contribution < 1.29 is 29.0 Å². The van der Waals surface area contributed by atoms with Crippen LogP contribution in [0.3, 0.4) is 0 Å². The van der Waals surface area contributed by atoms with Crippen LogP contribution < -0.4 is 10.2 Å². The minimum atomic E-state index is -0.612. The SMILES string of the molecule is C=CCOC(=O)NCc1cccc(-c2cccc([C@@H]3O[C@H](CN4CCN(c5ccc([N+](=O)[O-])cc5)CC4)[C@H](C)[C@H](c4ccc(CO)cc4)O3)c2)c1. The monoisotopic (exact) mass is 692 g/mol. The third-order valence-corrected chi connectivity index (χ3v) is 9.55. The van der Waals surface area contributed by atoms with Gasteiger partial charge in [0.2, 0.25) is 0 Å². The van der Waals surface area contributed by atoms with E-state index >= 15 is 0 Å². The lowest BCUT2D eigenvalue weighted by Gasteiger charge is -2.44. The summed E-state index contributed by atoms with van der Waals surface area (Å²) in [5.41, 5.74) is 6.78. The molecule has 0 aromatic heterocycles. The molecule has 2 N–H and O–H groups in total. The van der Waals surface area contributed by atoms with Crippen LogP contribution in [-0.4, -0.2) is 66.5 Å². The number of piperazine rings is 1. The number of ether oxygens (including phenoxy) is 3. The number of rotatable bonds is 12. The fourth-order valence-corrected chi connectivity index (χ4v) is 6.64. The summed E-state index contributed by atoms with van der Waals surface area (Å²) >= 11 is 0. The number of nitrogens with zero attached hydrogens (tertiary/aromatic N) is 3. The first-order valence-electron chi connectivity index (χ1n) is 17.2. The van der Waals surface area contributed by atoms with Crippen LogP contribution in [0.2, 0.25) is 0 Å². The van der Waals surface area contributed by atoms with Gasteiger partial charge in [-0.25, -0.2) is 4.79 Å². The van der Waals surface area contributed by atoms with E-state index in [9.17, 15) is 20.0 Å². The molecule has 2 saturated heterocycles. The maximum absolute atomic E-state index is 11.9. The molecule has 11 nitrogen and oxygen atoms in total. The second-order valence-electron chi connectivity index (χ2n) is 12.9. The Morgan fingerprint density at radius 3 is 2.33 bits per heavy atom. The molecule has 0 spiro atoms. The zero-order valence-corrected chi connectivity index (χ0v) is 28.7. The number of carbonyl (C=O) groups is 1. The van der Waals surface area contributed by atoms with Gasteiger partial charge in [0.1, 0.15) is 6.61 Å². The first kappa shape index (κ1) is 35.7. The number of carbonyl (C=O) groups excluding carboxylic acids is 1. The van der Waals surface area contributed by atoms with E-state index in [2.05, 4.69) is 34.7 Å². The molecule has 51 heavy (non-hydrogen) atoms. The Morgan fingerprint density at radius 2 is 1.65 bits per heavy atom. The Labute approximate surface area is 298 Å². The molecule has 266 valence electrons. The molecule has 1 amide bonds. The molecule has 2 aliphatic heterocycles. The molecule has 0 bridgehead atoms. The Morgan fingerprint density at radius 1 is 0.941 bits per heavy atom. The van der Waals surface area contributed by atoms with Gasteiger partial charge >= 0.3 is 6.09 Å². The summed E-state index contributed by atoms with van der Waals surface area (Å²) in [5.74, 6) is 0.0412. The third-order valence-electron chi connectivity index (χ3n) is 9.55. The lowest BCUT2D eigenvalue weighted by atomic mass is 9.89. The van der Waals surface area contributed by atoms with Gasteiger partial charge in [-0.15, -0.1) is 0 Å². The van der Waals surface area contributed by atoms with Crippen LogP contribution in [0.5, 0.6) is 0 Å². The van der Waals surface area contributed by atoms with Gasteiger partial charge in [0.15, 0.2) is 6.29 Å². The maximum atomic E-state index is 11.9. The summed E-state index contributed by atoms with van der Waals surface area (Å²) in [6, 6.07) is 30.8. The zero-order valence-electron chi connectivity index (χ0n) is 28.7. The standard InChI is InChI=1S/C40H44N4O7/c1-3-22-49-40(46)41-25-30-6-4-7-32(23-30)33-8-5-9-34(24-33)39-50-37(28(2)38(51-39)31-12-10-29(27-45)11-13-31)26-42-18-20-43(21-19-42)35-14-16-36(17-15-35)44(47)48/h3-17,23-24,28,37-39,45H,1,18-22,25-27H2,2H3,(H,41,46)/t28-,37+,38+,39+/m0/s1. The second kappa shape index (κ2) is 16.8. The molecule has 0 saturated carbocycles. The van der Waals surface area contributed by atoms with E-state index in [1.807, 2.05) is 78.9 Å². The molecule has 4 atom stereocenters. The predicted octanol–water partition coefficient (Wildman–Crippen LogP) is 6.78. The summed E-state index contributed by atoms with van der Waals surface area (Å²) in [5, 5.41) is 23.5. The number of hydrogen-bond donors (Lipinski definition) is 2. The quantitative estimate of drug-likeness (QED) is 0.0939. The van der Waals surface area contributed by atoms with Crippen molar-refractivity contribution in [2.24, 2.45) is 5.92 Å². The van der Waals surface area contributed by atoms with Crippen molar-refractivity contribution in [1.29, 1.82) is 0 Å². The predicted molar refractivity (Wildman–Crippen MR) is 195 cm³/mol. The molecule has 0 radical (unpaired) electrons. The van der Waals surface area contributed by atoms with Crippen molar-refractivity contribution in [2.75, 3.05) is 44.2 Å². The summed E-state index contributed by atoms with van der Waals surface area (Å²) in [6.07, 6.45) is 0.0552. The third kappa shape index (κ3) is 9.00. The summed E-state index contributed by atoms with van der Waals surface area (Å²) < 4.78 is 18.6. The highest BCUT2D eigenvalue weighted by atomic mass is 16.7. The molecule has 4 aromatic carbocycles. The number of anilines is 1. The summed E-state index contributed by atoms with van der Waals surface area (Å²) in [6.45, 7) is 10.2. The van der Waals surface area contributed by atoms with E-state index in [-0.39, 0.29) is 42.0 Å². The van der Waals surface area contributed by atoms with Crippen LogP contribution in [0.4, 0.5) is 16.2 Å². The van der Waals surface area contributed by atoms with Crippen LogP contribution >= 0.6 is 0 Å². The van der Waals surface area contributed by atoms with Gasteiger partial charge in [0.05, 0.1) is 23.7 Å². The van der Waals surface area contributed by atoms with Crippen molar-refractivity contribution in [3.8, 4) is 11.1 Å². The topological polar surface area (TPSA) is 127 Å². The number of hydrogen-bond acceptors (Lipinski definition) is 9. The summed E-state index contributed by atoms with van der Waals surface area (Å²) in [7, 11) is 0. The highest BCUT2D eigenvalue weighted by Crippen LogP contribution is 2.42. The lowest BCUT2D eigenvalue weighted by Crippen LogP contribution is -2.51. The van der Waals surface area contributed by atoms with E-state index < -0.39 is 12.4 Å². The van der Waals surface area contributed by atoms with Gasteiger partial charge in [-0.3, -0.25) is 15.0 Å². The average molecular weight is 693 g/mol. The minimum absolute atomic E-state index is 0.0228. The number of alkyl carbamates (subject to hydrolysis) is 1. The number of nitro benzene ring substituents is 1. The minimum Gasteiger partial charge on any atom is -0.445 e. The number of nitro groups is 1. The fraction of sp³-hybridized carbons (Fsp3) is 0.325. The van der Waals surface area contributed by atoms with Crippen molar-refractivity contribution in [3.05, 3.63) is 142 Å². The van der Waals surface area contributed by atoms with Crippen LogP contribution in [0.15, 0.2) is 110 Å². The van der Waals surface area contributed by atoms with Crippen molar-refractivity contribution in [1.82, 2.24) is 10.2 Å². The van der Waals surface area contributed by atoms with Crippen LogP contribution in [0.25, 0.3) is 11.1 Å². The molecule has 0 unspecified atom stereocenters. The number of benzene rings is 4. The molecule has 2 aliphatic rings. The van der Waals surface area contributed by atoms with E-state index in [4.69, 9.17) is 14.2 Å². The maximum Gasteiger partial charge on any atom is 0.407 e. The van der Waals surface area contributed by atoms with Crippen molar-refractivity contribution in [3.63, 3.8) is 0 Å². The number of aliphatic hydroxyl groups excluding tert-OH is 1. The molecular weight excluding hydrogens is 648 g/mol.